The van der Waals surface area contributed by atoms with Crippen LogP contribution < -0.4 is 21.3 Å². The summed E-state index contributed by atoms with van der Waals surface area (Å²) in [4.78, 5) is 48.7. The van der Waals surface area contributed by atoms with Crippen molar-refractivity contribution >= 4 is 46.0 Å². The first kappa shape index (κ1) is 38.4. The Morgan fingerprint density at radius 3 is 1.85 bits per heavy atom. The van der Waals surface area contributed by atoms with E-state index in [2.05, 4.69) is 76.3 Å². The number of aromatic amines is 2. The van der Waals surface area contributed by atoms with Crippen LogP contribution in [0.2, 0.25) is 0 Å². The number of aromatic nitrogens is 6. The summed E-state index contributed by atoms with van der Waals surface area (Å²) in [5, 5.41) is 12.4. The van der Waals surface area contributed by atoms with E-state index >= 15 is 0 Å². The van der Waals surface area contributed by atoms with E-state index in [1.807, 2.05) is 64.1 Å². The molecule has 1 aliphatic heterocycles. The van der Waals surface area contributed by atoms with E-state index in [1.165, 1.54) is 16.7 Å². The quantitative estimate of drug-likeness (QED) is 0.0427. The summed E-state index contributed by atoms with van der Waals surface area (Å²) < 4.78 is 0. The van der Waals surface area contributed by atoms with E-state index in [0.29, 0.717) is 13.1 Å². The van der Waals surface area contributed by atoms with Gasteiger partial charge in [0.1, 0.15) is 22.7 Å². The smallest absolute Gasteiger partial charge is 0.253 e. The van der Waals surface area contributed by atoms with Crippen LogP contribution in [0.4, 0.5) is 11.6 Å². The van der Waals surface area contributed by atoms with Gasteiger partial charge in [-0.05, 0) is 78.3 Å². The number of nitrogens with zero attached hydrogens (tertiary/aromatic N) is 4. The third kappa shape index (κ3) is 8.75. The first-order valence-corrected chi connectivity index (χ1v) is 18.7. The predicted octanol–water partition coefficient (Wildman–Crippen LogP) is 7.51. The van der Waals surface area contributed by atoms with Crippen LogP contribution in [0.25, 0.3) is 44.6 Å². The summed E-state index contributed by atoms with van der Waals surface area (Å²) in [6.07, 6.45) is 6.47. The van der Waals surface area contributed by atoms with Gasteiger partial charge in [0, 0.05) is 72.9 Å². The Morgan fingerprint density at radius 2 is 1.33 bits per heavy atom. The second-order valence-corrected chi connectivity index (χ2v) is 13.9. The third-order valence-electron chi connectivity index (χ3n) is 9.90. The van der Waals surface area contributed by atoms with Crippen LogP contribution in [0.15, 0.2) is 71.8 Å². The first-order valence-electron chi connectivity index (χ1n) is 18.7. The summed E-state index contributed by atoms with van der Waals surface area (Å²) in [6, 6.07) is 16.1. The number of aryl methyl sites for hydroxylation is 3. The van der Waals surface area contributed by atoms with Gasteiger partial charge in [-0.1, -0.05) is 47.6 Å². The van der Waals surface area contributed by atoms with Gasteiger partial charge in [-0.15, -0.1) is 0 Å². The van der Waals surface area contributed by atoms with Gasteiger partial charge >= 0.3 is 0 Å². The van der Waals surface area contributed by atoms with Gasteiger partial charge in [0.05, 0.1) is 28.0 Å². The van der Waals surface area contributed by atoms with Crippen LogP contribution >= 0.6 is 0 Å². The van der Waals surface area contributed by atoms with Crippen molar-refractivity contribution in [3.05, 3.63) is 106 Å². The minimum absolute atomic E-state index is 0.0231. The minimum atomic E-state index is -0.0231. The molecule has 0 atom stereocenters. The van der Waals surface area contributed by atoms with E-state index in [4.69, 9.17) is 19.9 Å². The molecule has 7 rings (SSSR count). The molecule has 2 amide bonds. The van der Waals surface area contributed by atoms with Gasteiger partial charge in [0.25, 0.3) is 5.91 Å². The Kier molecular flexibility index (Phi) is 12.0. The topological polar surface area (TPSA) is 165 Å². The van der Waals surface area contributed by atoms with E-state index in [1.54, 1.807) is 0 Å². The molecule has 0 unspecified atom stereocenters. The van der Waals surface area contributed by atoms with Gasteiger partial charge in [-0.2, -0.15) is 0 Å². The molecule has 0 aliphatic carbocycles. The molecule has 0 saturated heterocycles. The lowest BCUT2D eigenvalue weighted by atomic mass is 10.1. The number of carbonyl (C=O) groups excluding carboxylic acids is 2. The maximum atomic E-state index is 12.1. The highest BCUT2D eigenvalue weighted by Crippen LogP contribution is 2.31. The Bertz CT molecular complexity index is 2420. The number of amides is 2. The molecule has 0 spiro atoms. The zero-order chi connectivity index (χ0) is 39.1. The van der Waals surface area contributed by atoms with Crippen molar-refractivity contribution in [2.75, 3.05) is 36.8 Å². The molecule has 0 saturated carbocycles. The van der Waals surface area contributed by atoms with Crippen LogP contribution in [-0.2, 0) is 17.6 Å². The van der Waals surface area contributed by atoms with Crippen molar-refractivity contribution in [3.63, 3.8) is 0 Å². The number of anilines is 2. The van der Waals surface area contributed by atoms with E-state index in [9.17, 15) is 9.59 Å². The van der Waals surface area contributed by atoms with Crippen molar-refractivity contribution in [1.82, 2.24) is 40.5 Å². The van der Waals surface area contributed by atoms with E-state index in [0.717, 1.165) is 117 Å². The normalized spacial score (nSPS) is 12.9. The molecule has 4 aromatic heterocycles. The minimum Gasteiger partial charge on any atom is -0.365 e. The second-order valence-electron chi connectivity index (χ2n) is 13.9. The Balaban J connectivity index is 0.000000187. The van der Waals surface area contributed by atoms with E-state index in [-0.39, 0.29) is 5.91 Å². The highest BCUT2D eigenvalue weighted by atomic mass is 16.1. The van der Waals surface area contributed by atoms with Gasteiger partial charge in [-0.25, -0.2) is 19.9 Å². The lowest BCUT2D eigenvalue weighted by Crippen LogP contribution is -2.31. The molecule has 1 aliphatic rings. The van der Waals surface area contributed by atoms with Crippen LogP contribution in [0, 0.1) is 20.8 Å². The highest BCUT2D eigenvalue weighted by molar-refractivity contribution is 5.99. The predicted molar refractivity (Wildman–Crippen MR) is 223 cm³/mol. The van der Waals surface area contributed by atoms with Crippen LogP contribution in [0.3, 0.4) is 0 Å². The van der Waals surface area contributed by atoms with Crippen LogP contribution in [-0.4, -0.2) is 68.4 Å². The number of carbonyl (C=O) groups is 2. The zero-order valence-electron chi connectivity index (χ0n) is 32.7. The average Bonchev–Trinajstić information content (AvgIpc) is 3.79. The molecule has 0 radical (unpaired) electrons. The molecule has 2 aromatic carbocycles. The maximum Gasteiger partial charge on any atom is 0.253 e. The Labute approximate surface area is 321 Å². The highest BCUT2D eigenvalue weighted by Gasteiger charge is 2.21. The fraction of sp³-hybridized carbons (Fsp3) is 0.302. The van der Waals surface area contributed by atoms with Crippen molar-refractivity contribution in [2.45, 2.75) is 61.3 Å². The molecular weight excluding hydrogens is 689 g/mol. The second kappa shape index (κ2) is 17.2. The number of para-hydroxylation sites is 2. The lowest BCUT2D eigenvalue weighted by molar-refractivity contribution is -0.109. The number of H-pyrrole nitrogens is 2. The zero-order valence-corrected chi connectivity index (χ0v) is 32.7. The number of rotatable bonds is 12. The molecule has 284 valence electrons. The summed E-state index contributed by atoms with van der Waals surface area (Å²) in [5.41, 5.74) is 15.5. The summed E-state index contributed by atoms with van der Waals surface area (Å²) >= 11 is 0. The molecule has 0 fully saturated rings. The molecule has 12 nitrogen and oxygen atoms in total. The van der Waals surface area contributed by atoms with Crippen molar-refractivity contribution in [1.29, 1.82) is 0 Å². The Hall–Kier alpha value is -6.30. The third-order valence-corrected chi connectivity index (χ3v) is 9.90. The lowest BCUT2D eigenvalue weighted by Gasteiger charge is -2.11. The molecule has 6 N–H and O–H groups in total. The molecular formula is C43H50N10O2. The fourth-order valence-electron chi connectivity index (χ4n) is 6.45. The average molecular weight is 739 g/mol. The van der Waals surface area contributed by atoms with E-state index < -0.39 is 0 Å². The Morgan fingerprint density at radius 1 is 0.764 bits per heavy atom. The molecule has 0 bridgehead atoms. The van der Waals surface area contributed by atoms with Crippen molar-refractivity contribution in [3.8, 4) is 22.5 Å². The number of hydrogen-bond acceptors (Lipinski definition) is 8. The maximum absolute atomic E-state index is 12.1. The number of nitrogens with one attached hydrogen (secondary N) is 6. The molecule has 6 aromatic rings. The van der Waals surface area contributed by atoms with Gasteiger partial charge in [-0.3, -0.25) is 9.59 Å². The molecule has 5 heterocycles. The van der Waals surface area contributed by atoms with Crippen molar-refractivity contribution < 1.29 is 9.59 Å². The SMILES string of the molecule is C/C=C(/C)CNc1nc2c(-c3cc(C)c(CCNC=O)[nH]3)cccc2nc1C.C/C=C(\C)CNc1nc2c(-c3cc4c([nH]3)CCNC4=O)cccc2nc1C. The van der Waals surface area contributed by atoms with Crippen LogP contribution in [0.1, 0.15) is 66.4 Å². The largest absolute Gasteiger partial charge is 0.365 e. The van der Waals surface area contributed by atoms with Gasteiger partial charge < -0.3 is 31.2 Å². The first-order chi connectivity index (χ1) is 26.6. The summed E-state index contributed by atoms with van der Waals surface area (Å²) in [5.74, 6) is 1.56. The molecule has 55 heavy (non-hydrogen) atoms. The monoisotopic (exact) mass is 738 g/mol. The van der Waals surface area contributed by atoms with Gasteiger partial charge in [0.2, 0.25) is 6.41 Å². The van der Waals surface area contributed by atoms with Crippen molar-refractivity contribution in [2.24, 2.45) is 0 Å². The van der Waals surface area contributed by atoms with Gasteiger partial charge in [0.15, 0.2) is 0 Å². The van der Waals surface area contributed by atoms with Crippen LogP contribution in [0.5, 0.6) is 0 Å². The molecule has 12 heteroatoms. The summed E-state index contributed by atoms with van der Waals surface area (Å²) in [6.45, 7) is 17.0. The number of allylic oxidation sites excluding steroid dienone is 2. The number of benzene rings is 2. The summed E-state index contributed by atoms with van der Waals surface area (Å²) in [7, 11) is 0. The number of fused-ring (bicyclic) bond motifs is 3. The number of hydrogen-bond donors (Lipinski definition) is 6. The standard InChI is InChI=1S/C22H27N5O.C21H23N5O/c1-5-14(2)12-24-22-16(4)25-19-8-6-7-17(21(19)27-22)20-11-15(3)18(26-20)9-10-23-13-28;1-4-12(2)11-23-20-13(3)24-17-7-5-6-14(19(17)26-20)18-10-15-16(25-18)8-9-22-21(15)27/h5-8,11,13,26H,9-10,12H2,1-4H3,(H,23,28)(H,24,27);4-7,10,25H,8-9,11H2,1-3H3,(H,22,27)(H,23,26)/b14-5-;12-4+. The fourth-order valence-corrected chi connectivity index (χ4v) is 6.45.